The third kappa shape index (κ3) is 6.65. The summed E-state index contributed by atoms with van der Waals surface area (Å²) in [5.74, 6) is -0.495. The minimum absolute atomic E-state index is 0.108. The summed E-state index contributed by atoms with van der Waals surface area (Å²) in [7, 11) is 0. The molecule has 1 aromatic rings. The van der Waals surface area contributed by atoms with E-state index < -0.39 is 0 Å². The lowest BCUT2D eigenvalue weighted by Gasteiger charge is -2.12. The zero-order valence-electron chi connectivity index (χ0n) is 12.9. The van der Waals surface area contributed by atoms with Crippen LogP contribution in [0.4, 0.5) is 9.18 Å². The molecule has 1 saturated heterocycles. The smallest absolute Gasteiger partial charge is 0.314 e. The van der Waals surface area contributed by atoms with Crippen LogP contribution in [0.2, 0.25) is 0 Å². The van der Waals surface area contributed by atoms with Crippen LogP contribution in [0.1, 0.15) is 18.4 Å². The molecule has 0 aromatic heterocycles. The summed E-state index contributed by atoms with van der Waals surface area (Å²) in [4.78, 5) is 23.2. The van der Waals surface area contributed by atoms with Crippen LogP contribution < -0.4 is 16.0 Å². The molecule has 126 valence electrons. The van der Waals surface area contributed by atoms with Gasteiger partial charge in [0.2, 0.25) is 5.91 Å². The van der Waals surface area contributed by atoms with Crippen LogP contribution in [0.25, 0.3) is 0 Å². The molecule has 0 radical (unpaired) electrons. The van der Waals surface area contributed by atoms with Crippen LogP contribution in [-0.2, 0) is 16.0 Å². The molecule has 2 rings (SSSR count). The number of urea groups is 1. The molecule has 1 aliphatic heterocycles. The molecular formula is C16H22FN3O3. The van der Waals surface area contributed by atoms with Crippen molar-refractivity contribution in [2.75, 3.05) is 26.2 Å². The van der Waals surface area contributed by atoms with Gasteiger partial charge >= 0.3 is 6.03 Å². The third-order valence-electron chi connectivity index (χ3n) is 3.52. The lowest BCUT2D eigenvalue weighted by atomic mass is 10.1. The number of ether oxygens (including phenoxy) is 1. The summed E-state index contributed by atoms with van der Waals surface area (Å²) in [5, 5.41) is 8.10. The molecule has 1 aliphatic rings. The van der Waals surface area contributed by atoms with Crippen molar-refractivity contribution in [3.8, 4) is 0 Å². The Morgan fingerprint density at radius 2 is 1.87 bits per heavy atom. The summed E-state index contributed by atoms with van der Waals surface area (Å²) in [6.07, 6.45) is 2.30. The Morgan fingerprint density at radius 3 is 2.57 bits per heavy atom. The number of hydrogen-bond acceptors (Lipinski definition) is 3. The maximum Gasteiger partial charge on any atom is 0.314 e. The zero-order chi connectivity index (χ0) is 16.5. The Hall–Kier alpha value is -2.15. The molecule has 0 saturated carbocycles. The average molecular weight is 323 g/mol. The van der Waals surface area contributed by atoms with E-state index in [9.17, 15) is 14.0 Å². The highest BCUT2D eigenvalue weighted by atomic mass is 19.1. The van der Waals surface area contributed by atoms with E-state index in [0.717, 1.165) is 25.0 Å². The molecule has 0 unspecified atom stereocenters. The van der Waals surface area contributed by atoms with Crippen LogP contribution >= 0.6 is 0 Å². The first kappa shape index (κ1) is 17.2. The Morgan fingerprint density at radius 1 is 1.13 bits per heavy atom. The van der Waals surface area contributed by atoms with E-state index in [1.165, 1.54) is 12.1 Å². The minimum Gasteiger partial charge on any atom is -0.376 e. The minimum atomic E-state index is -0.327. The highest BCUT2D eigenvalue weighted by Gasteiger charge is 2.15. The van der Waals surface area contributed by atoms with Crippen molar-refractivity contribution in [1.29, 1.82) is 0 Å². The van der Waals surface area contributed by atoms with E-state index in [1.807, 2.05) is 0 Å². The molecule has 0 spiro atoms. The summed E-state index contributed by atoms with van der Waals surface area (Å²) < 4.78 is 18.2. The topological polar surface area (TPSA) is 79.5 Å². The van der Waals surface area contributed by atoms with Crippen molar-refractivity contribution in [3.63, 3.8) is 0 Å². The van der Waals surface area contributed by atoms with E-state index >= 15 is 0 Å². The summed E-state index contributed by atoms with van der Waals surface area (Å²) in [6, 6.07) is 5.52. The molecule has 3 N–H and O–H groups in total. The number of amides is 3. The van der Waals surface area contributed by atoms with Crippen LogP contribution in [0, 0.1) is 5.82 Å². The normalized spacial score (nSPS) is 16.8. The average Bonchev–Trinajstić information content (AvgIpc) is 3.05. The molecule has 23 heavy (non-hydrogen) atoms. The molecular weight excluding hydrogens is 301 g/mol. The Labute approximate surface area is 134 Å². The van der Waals surface area contributed by atoms with Crippen molar-refractivity contribution in [1.82, 2.24) is 16.0 Å². The molecule has 3 amide bonds. The van der Waals surface area contributed by atoms with E-state index in [4.69, 9.17) is 4.74 Å². The fourth-order valence-electron chi connectivity index (χ4n) is 2.30. The lowest BCUT2D eigenvalue weighted by molar-refractivity contribution is -0.120. The summed E-state index contributed by atoms with van der Waals surface area (Å²) in [5.41, 5.74) is 0.742. The maximum atomic E-state index is 12.8. The number of rotatable bonds is 7. The van der Waals surface area contributed by atoms with Gasteiger partial charge in [0.25, 0.3) is 0 Å². The van der Waals surface area contributed by atoms with Gasteiger partial charge in [-0.05, 0) is 30.5 Å². The van der Waals surface area contributed by atoms with Crippen LogP contribution in [0.5, 0.6) is 0 Å². The lowest BCUT2D eigenvalue weighted by Crippen LogP contribution is -2.42. The highest BCUT2D eigenvalue weighted by molar-refractivity contribution is 5.78. The highest BCUT2D eigenvalue weighted by Crippen LogP contribution is 2.10. The van der Waals surface area contributed by atoms with Crippen LogP contribution in [0.3, 0.4) is 0 Å². The Bertz CT molecular complexity index is 516. The Balaban J connectivity index is 1.53. The second-order valence-electron chi connectivity index (χ2n) is 5.43. The molecule has 1 heterocycles. The molecule has 1 atom stereocenters. The fraction of sp³-hybridized carbons (Fsp3) is 0.500. The summed E-state index contributed by atoms with van der Waals surface area (Å²) >= 11 is 0. The summed E-state index contributed by atoms with van der Waals surface area (Å²) in [6.45, 7) is 1.94. The van der Waals surface area contributed by atoms with Crippen LogP contribution in [0.15, 0.2) is 24.3 Å². The van der Waals surface area contributed by atoms with E-state index in [0.29, 0.717) is 19.6 Å². The van der Waals surface area contributed by atoms with Gasteiger partial charge in [0.05, 0.1) is 12.5 Å². The third-order valence-corrected chi connectivity index (χ3v) is 3.52. The first-order chi connectivity index (χ1) is 11.1. The van der Waals surface area contributed by atoms with Gasteiger partial charge in [0.15, 0.2) is 0 Å². The second kappa shape index (κ2) is 9.09. The Kier molecular flexibility index (Phi) is 6.80. The van der Waals surface area contributed by atoms with Gasteiger partial charge in [-0.25, -0.2) is 9.18 Å². The van der Waals surface area contributed by atoms with Gasteiger partial charge in [0.1, 0.15) is 5.82 Å². The molecule has 6 nitrogen and oxygen atoms in total. The SMILES string of the molecule is O=C(Cc1ccc(F)cc1)NCCNC(=O)NC[C@@H]1CCCO1. The first-order valence-corrected chi connectivity index (χ1v) is 7.78. The van der Waals surface area contributed by atoms with Gasteiger partial charge < -0.3 is 20.7 Å². The van der Waals surface area contributed by atoms with Gasteiger partial charge in [-0.3, -0.25) is 4.79 Å². The number of nitrogens with one attached hydrogen (secondary N) is 3. The van der Waals surface area contributed by atoms with Gasteiger partial charge in [-0.2, -0.15) is 0 Å². The van der Waals surface area contributed by atoms with Gasteiger partial charge in [-0.15, -0.1) is 0 Å². The van der Waals surface area contributed by atoms with E-state index in [2.05, 4.69) is 16.0 Å². The number of carbonyl (C=O) groups excluding carboxylic acids is 2. The maximum absolute atomic E-state index is 12.8. The zero-order valence-corrected chi connectivity index (χ0v) is 12.9. The molecule has 1 fully saturated rings. The predicted molar refractivity (Wildman–Crippen MR) is 83.5 cm³/mol. The van der Waals surface area contributed by atoms with E-state index in [1.54, 1.807) is 12.1 Å². The fourth-order valence-corrected chi connectivity index (χ4v) is 2.30. The molecule has 0 bridgehead atoms. The molecule has 7 heteroatoms. The van der Waals surface area contributed by atoms with Gasteiger partial charge in [-0.1, -0.05) is 12.1 Å². The quantitative estimate of drug-likeness (QED) is 0.654. The van der Waals surface area contributed by atoms with Gasteiger partial charge in [0, 0.05) is 26.2 Å². The van der Waals surface area contributed by atoms with Crippen LogP contribution in [-0.4, -0.2) is 44.3 Å². The number of benzene rings is 1. The monoisotopic (exact) mass is 323 g/mol. The molecule has 0 aliphatic carbocycles. The standard InChI is InChI=1S/C16H22FN3O3/c17-13-5-3-12(4-6-13)10-15(21)18-7-8-19-16(22)20-11-14-2-1-9-23-14/h3-6,14H,1-2,7-11H2,(H,18,21)(H2,19,20,22)/t14-/m0/s1. The largest absolute Gasteiger partial charge is 0.376 e. The first-order valence-electron chi connectivity index (χ1n) is 7.78. The van der Waals surface area contributed by atoms with Crippen molar-refractivity contribution in [2.45, 2.75) is 25.4 Å². The van der Waals surface area contributed by atoms with Crippen molar-refractivity contribution in [3.05, 3.63) is 35.6 Å². The van der Waals surface area contributed by atoms with E-state index in [-0.39, 0.29) is 30.3 Å². The number of halogens is 1. The second-order valence-corrected chi connectivity index (χ2v) is 5.43. The predicted octanol–water partition coefficient (Wildman–Crippen LogP) is 0.963. The van der Waals surface area contributed by atoms with Crippen molar-refractivity contribution < 1.29 is 18.7 Å². The number of hydrogen-bond donors (Lipinski definition) is 3. The molecule has 1 aromatic carbocycles. The van der Waals surface area contributed by atoms with Crippen molar-refractivity contribution >= 4 is 11.9 Å². The van der Waals surface area contributed by atoms with Crippen molar-refractivity contribution in [2.24, 2.45) is 0 Å². The number of carbonyl (C=O) groups is 2.